The van der Waals surface area contributed by atoms with E-state index in [1.165, 1.54) is 42.5 Å². The number of rotatable bonds is 5. The van der Waals surface area contributed by atoms with E-state index in [0.717, 1.165) is 18.4 Å². The highest BCUT2D eigenvalue weighted by Gasteiger charge is 2.38. The van der Waals surface area contributed by atoms with E-state index in [0.29, 0.717) is 5.56 Å². The molecule has 164 valence electrons. The Morgan fingerprint density at radius 2 is 1.48 bits per heavy atom. The normalized spacial score (nSPS) is 12.3. The van der Waals surface area contributed by atoms with Crippen molar-refractivity contribution in [2.45, 2.75) is 31.0 Å². The Labute approximate surface area is 177 Å². The minimum atomic E-state index is -4.82. The summed E-state index contributed by atoms with van der Waals surface area (Å²) in [5.74, 6) is -0.820. The molecule has 3 aromatic rings. The maximum absolute atomic E-state index is 14.0. The van der Waals surface area contributed by atoms with Crippen molar-refractivity contribution in [2.75, 3.05) is 6.26 Å². The predicted octanol–water partition coefficient (Wildman–Crippen LogP) is 5.76. The second-order valence-corrected chi connectivity index (χ2v) is 9.22. The van der Waals surface area contributed by atoms with Crippen molar-refractivity contribution in [3.8, 4) is 28.1 Å². The van der Waals surface area contributed by atoms with E-state index in [1.54, 1.807) is 13.8 Å². The first-order valence-electron chi connectivity index (χ1n) is 9.21. The molecule has 0 atom stereocenters. The van der Waals surface area contributed by atoms with Gasteiger partial charge in [0.15, 0.2) is 15.5 Å². The van der Waals surface area contributed by atoms with E-state index in [-0.39, 0.29) is 27.5 Å². The largest absolute Gasteiger partial charge is 0.475 e. The molecule has 0 aliphatic heterocycles. The molecule has 9 heteroatoms. The number of hydrogen-bond donors (Lipinski definition) is 0. The van der Waals surface area contributed by atoms with Gasteiger partial charge in [0.05, 0.1) is 11.0 Å². The fourth-order valence-electron chi connectivity index (χ4n) is 3.05. The van der Waals surface area contributed by atoms with Crippen LogP contribution in [0.25, 0.3) is 22.3 Å². The molecule has 0 radical (unpaired) electrons. The number of benzene rings is 2. The Balaban J connectivity index is 2.34. The van der Waals surface area contributed by atoms with E-state index < -0.39 is 33.6 Å². The smallest absolute Gasteiger partial charge is 0.434 e. The zero-order chi connectivity index (χ0) is 23.0. The highest BCUT2D eigenvalue weighted by Crippen LogP contribution is 2.43. The topological polar surface area (TPSA) is 56.3 Å². The van der Waals surface area contributed by atoms with Crippen molar-refractivity contribution in [1.82, 2.24) is 4.98 Å². The maximum atomic E-state index is 14.0. The van der Waals surface area contributed by atoms with Crippen molar-refractivity contribution in [3.05, 3.63) is 66.1 Å². The molecule has 4 nitrogen and oxygen atoms in total. The number of hydrogen-bond acceptors (Lipinski definition) is 4. The maximum Gasteiger partial charge on any atom is 0.434 e. The Kier molecular flexibility index (Phi) is 6.09. The molecule has 0 N–H and O–H groups in total. The van der Waals surface area contributed by atoms with Gasteiger partial charge in [-0.3, -0.25) is 0 Å². The summed E-state index contributed by atoms with van der Waals surface area (Å²) in [6, 6.07) is 11.4. The van der Waals surface area contributed by atoms with Gasteiger partial charge in [-0.1, -0.05) is 24.3 Å². The minimum Gasteiger partial charge on any atom is -0.475 e. The molecular formula is C22H19F4NO3S. The number of sulfone groups is 1. The van der Waals surface area contributed by atoms with Crippen LogP contribution in [0.15, 0.2) is 59.5 Å². The lowest BCUT2D eigenvalue weighted by molar-refractivity contribution is -0.140. The first-order valence-corrected chi connectivity index (χ1v) is 11.1. The van der Waals surface area contributed by atoms with Gasteiger partial charge in [0.1, 0.15) is 5.82 Å². The summed E-state index contributed by atoms with van der Waals surface area (Å²) in [6.07, 6.45) is -4.21. The van der Waals surface area contributed by atoms with E-state index in [1.807, 2.05) is 0 Å². The Morgan fingerprint density at radius 3 is 1.97 bits per heavy atom. The standard InChI is InChI=1S/C22H19F4NO3S/c1-13(2)30-19-12-18(14-6-10-17(11-7-14)31(3,28)29)20(21(27-19)22(24,25)26)15-4-8-16(23)9-5-15/h4-13H,1-3H3. The Hall–Kier alpha value is -2.94. The molecule has 0 amide bonds. The van der Waals surface area contributed by atoms with E-state index in [2.05, 4.69) is 4.98 Å². The average molecular weight is 453 g/mol. The fraction of sp³-hybridized carbons (Fsp3) is 0.227. The molecule has 0 fully saturated rings. The van der Waals surface area contributed by atoms with Crippen molar-refractivity contribution < 1.29 is 30.7 Å². The van der Waals surface area contributed by atoms with Gasteiger partial charge in [0.25, 0.3) is 0 Å². The van der Waals surface area contributed by atoms with Gasteiger partial charge in [-0.05, 0) is 54.8 Å². The molecule has 1 heterocycles. The molecule has 3 rings (SSSR count). The third-order valence-electron chi connectivity index (χ3n) is 4.35. The van der Waals surface area contributed by atoms with Crippen LogP contribution >= 0.6 is 0 Å². The lowest BCUT2D eigenvalue weighted by atomic mass is 9.93. The number of alkyl halides is 3. The average Bonchev–Trinajstić information content (AvgIpc) is 2.66. The van der Waals surface area contributed by atoms with Gasteiger partial charge >= 0.3 is 6.18 Å². The van der Waals surface area contributed by atoms with Crippen LogP contribution < -0.4 is 4.74 Å². The second-order valence-electron chi connectivity index (χ2n) is 7.20. The number of halogens is 4. The van der Waals surface area contributed by atoms with Crippen molar-refractivity contribution in [1.29, 1.82) is 0 Å². The summed E-state index contributed by atoms with van der Waals surface area (Å²) in [5, 5.41) is 0. The second kappa shape index (κ2) is 8.30. The molecule has 31 heavy (non-hydrogen) atoms. The summed E-state index contributed by atoms with van der Waals surface area (Å²) >= 11 is 0. The molecule has 0 saturated carbocycles. The molecule has 2 aromatic carbocycles. The summed E-state index contributed by atoms with van der Waals surface area (Å²) < 4.78 is 84.3. The first kappa shape index (κ1) is 22.7. The van der Waals surface area contributed by atoms with Gasteiger partial charge in [-0.25, -0.2) is 17.8 Å². The lowest BCUT2D eigenvalue weighted by Gasteiger charge is -2.20. The van der Waals surface area contributed by atoms with Crippen LogP contribution in [0.1, 0.15) is 19.5 Å². The Bertz CT molecular complexity index is 1190. The number of pyridine rings is 1. The highest BCUT2D eigenvalue weighted by atomic mass is 32.2. The highest BCUT2D eigenvalue weighted by molar-refractivity contribution is 7.90. The first-order chi connectivity index (χ1) is 14.4. The van der Waals surface area contributed by atoms with Crippen LogP contribution in [0.3, 0.4) is 0 Å². The van der Waals surface area contributed by atoms with Gasteiger partial charge in [0, 0.05) is 17.9 Å². The molecule has 0 aliphatic rings. The zero-order valence-corrected chi connectivity index (χ0v) is 17.7. The van der Waals surface area contributed by atoms with Gasteiger partial charge < -0.3 is 4.74 Å². The number of aromatic nitrogens is 1. The SMILES string of the molecule is CC(C)Oc1cc(-c2ccc(S(C)(=O)=O)cc2)c(-c2ccc(F)cc2)c(C(F)(F)F)n1. The molecule has 0 spiro atoms. The predicted molar refractivity (Wildman–Crippen MR) is 109 cm³/mol. The van der Waals surface area contributed by atoms with Gasteiger partial charge in [0.2, 0.25) is 5.88 Å². The van der Waals surface area contributed by atoms with Crippen molar-refractivity contribution >= 4 is 9.84 Å². The van der Waals surface area contributed by atoms with E-state index >= 15 is 0 Å². The third kappa shape index (κ3) is 5.22. The molecule has 0 aliphatic carbocycles. The minimum absolute atomic E-state index is 0.0309. The van der Waals surface area contributed by atoms with E-state index in [9.17, 15) is 26.0 Å². The summed E-state index contributed by atoms with van der Waals surface area (Å²) in [5.41, 5.74) is -0.868. The summed E-state index contributed by atoms with van der Waals surface area (Å²) in [7, 11) is -3.48. The molecular weight excluding hydrogens is 434 g/mol. The zero-order valence-electron chi connectivity index (χ0n) is 16.9. The quantitative estimate of drug-likeness (QED) is 0.461. The summed E-state index contributed by atoms with van der Waals surface area (Å²) in [6.45, 7) is 3.31. The van der Waals surface area contributed by atoms with Crippen LogP contribution in [-0.4, -0.2) is 25.8 Å². The Morgan fingerprint density at radius 1 is 0.935 bits per heavy atom. The van der Waals surface area contributed by atoms with Gasteiger partial charge in [-0.15, -0.1) is 0 Å². The lowest BCUT2D eigenvalue weighted by Crippen LogP contribution is -2.14. The fourth-order valence-corrected chi connectivity index (χ4v) is 3.68. The summed E-state index contributed by atoms with van der Waals surface area (Å²) in [4.78, 5) is 3.72. The van der Waals surface area contributed by atoms with Crippen LogP contribution in [0.2, 0.25) is 0 Å². The van der Waals surface area contributed by atoms with Crippen molar-refractivity contribution in [3.63, 3.8) is 0 Å². The van der Waals surface area contributed by atoms with Gasteiger partial charge in [-0.2, -0.15) is 13.2 Å². The van der Waals surface area contributed by atoms with Crippen LogP contribution in [-0.2, 0) is 16.0 Å². The van der Waals surface area contributed by atoms with E-state index in [4.69, 9.17) is 4.74 Å². The third-order valence-corrected chi connectivity index (χ3v) is 5.48. The monoisotopic (exact) mass is 453 g/mol. The van der Waals surface area contributed by atoms with Crippen molar-refractivity contribution in [2.24, 2.45) is 0 Å². The number of ether oxygens (including phenoxy) is 1. The number of nitrogens with zero attached hydrogens (tertiary/aromatic N) is 1. The van der Waals surface area contributed by atoms with Crippen LogP contribution in [0.5, 0.6) is 5.88 Å². The van der Waals surface area contributed by atoms with Crippen LogP contribution in [0.4, 0.5) is 17.6 Å². The molecule has 1 aromatic heterocycles. The molecule has 0 unspecified atom stereocenters. The molecule has 0 bridgehead atoms. The van der Waals surface area contributed by atoms with Crippen LogP contribution in [0, 0.1) is 5.82 Å². The molecule has 0 saturated heterocycles.